The molecule has 2 aromatic heterocycles. The Kier molecular flexibility index (Phi) is 8.36. The number of benzene rings is 8. The Morgan fingerprint density at radius 2 is 1.16 bits per heavy atom. The van der Waals surface area contributed by atoms with Crippen molar-refractivity contribution in [2.75, 3.05) is 16.5 Å². The molecule has 6 heteroatoms. The Balaban J connectivity index is 1.11. The van der Waals surface area contributed by atoms with Crippen molar-refractivity contribution in [3.8, 4) is 62.2 Å². The third-order valence-corrected chi connectivity index (χ3v) is 13.4. The Morgan fingerprint density at radius 3 is 1.90 bits per heavy atom. The topological polar surface area (TPSA) is 42.8 Å². The van der Waals surface area contributed by atoms with E-state index in [0.29, 0.717) is 62.6 Å². The lowest BCUT2D eigenvalue weighted by atomic mass is 9.82. The Morgan fingerprint density at radius 1 is 0.522 bits per heavy atom. The number of nitrogens with zero attached hydrogens (tertiary/aromatic N) is 4. The molecule has 6 nitrogen and oxygen atoms in total. The number of hydrogen-bond donors (Lipinski definition) is 0. The van der Waals surface area contributed by atoms with Crippen LogP contribution >= 0.6 is 0 Å². The van der Waals surface area contributed by atoms with Crippen LogP contribution in [-0.2, 0) is 10.8 Å². The molecule has 0 atom stereocenters. The first kappa shape index (κ1) is 36.0. The molecule has 0 fully saturated rings. The standard InChI is InChI=1S/C63H54N4O2/c1-40-31-60-64-38-55(40)43-17-13-19-48(32-43)68-47-26-23-42(24-27-47)53-35-45(63(5,6)7)34-52(41-15-9-8-10-16-41)61(53)66-39-65(57-21-11-12-22-58(57)66)46-18-14-20-49(36-46)69-50-28-29-51-54-33-44(62(2,3)4)25-30-56(54)67(60)59(51)37-50/h8-38H,39H2,1-7H3/i1D3,25D,30D,33D. The third-order valence-electron chi connectivity index (χ3n) is 13.4. The Hall–Kier alpha value is -8.09. The van der Waals surface area contributed by atoms with Crippen LogP contribution in [0.3, 0.4) is 0 Å². The highest BCUT2D eigenvalue weighted by Gasteiger charge is 2.33. The second kappa shape index (κ2) is 16.0. The predicted molar refractivity (Wildman–Crippen MR) is 286 cm³/mol. The lowest BCUT2D eigenvalue weighted by Crippen LogP contribution is -2.25. The molecule has 6 heterocycles. The molecule has 0 saturated carbocycles. The second-order valence-electron chi connectivity index (χ2n) is 20.1. The largest absolute Gasteiger partial charge is 0.457 e. The maximum atomic E-state index is 9.65. The van der Waals surface area contributed by atoms with E-state index in [1.54, 1.807) is 16.8 Å². The average Bonchev–Trinajstić information content (AvgIpc) is 3.96. The van der Waals surface area contributed by atoms with E-state index < -0.39 is 12.3 Å². The van der Waals surface area contributed by atoms with E-state index >= 15 is 0 Å². The highest BCUT2D eigenvalue weighted by atomic mass is 16.5. The molecule has 8 aromatic carbocycles. The van der Waals surface area contributed by atoms with Gasteiger partial charge in [0, 0.05) is 55.6 Å². The smallest absolute Gasteiger partial charge is 0.137 e. The van der Waals surface area contributed by atoms with Gasteiger partial charge in [0.05, 0.1) is 32.2 Å². The molecule has 338 valence electrons. The molecule has 4 aliphatic rings. The van der Waals surface area contributed by atoms with Gasteiger partial charge in [0.25, 0.3) is 0 Å². The number of fused-ring (bicyclic) bond motifs is 5. The lowest BCUT2D eigenvalue weighted by Gasteiger charge is -2.30. The molecule has 0 saturated heterocycles. The van der Waals surface area contributed by atoms with Gasteiger partial charge in [-0.2, -0.15) is 0 Å². The Labute approximate surface area is 413 Å². The summed E-state index contributed by atoms with van der Waals surface area (Å²) in [5, 5.41) is 1.12. The van der Waals surface area contributed by atoms with Crippen LogP contribution in [0, 0.1) is 6.85 Å². The minimum atomic E-state index is -2.60. The normalized spacial score (nSPS) is 14.7. The van der Waals surface area contributed by atoms with Crippen LogP contribution in [0.25, 0.3) is 61.0 Å². The number of aryl methyl sites for hydroxylation is 1. The molecular weight excluding hydrogens is 845 g/mol. The van der Waals surface area contributed by atoms with Crippen molar-refractivity contribution in [1.29, 1.82) is 0 Å². The fourth-order valence-electron chi connectivity index (χ4n) is 9.72. The molecule has 12 bridgehead atoms. The van der Waals surface area contributed by atoms with Crippen LogP contribution in [0.2, 0.25) is 0 Å². The van der Waals surface area contributed by atoms with Crippen molar-refractivity contribution >= 4 is 44.6 Å². The highest BCUT2D eigenvalue weighted by molar-refractivity contribution is 6.10. The first-order valence-electron chi connectivity index (χ1n) is 26.5. The van der Waals surface area contributed by atoms with Gasteiger partial charge in [-0.1, -0.05) is 120 Å². The second-order valence-corrected chi connectivity index (χ2v) is 20.1. The van der Waals surface area contributed by atoms with Gasteiger partial charge in [-0.3, -0.25) is 4.57 Å². The van der Waals surface area contributed by atoms with Gasteiger partial charge < -0.3 is 19.3 Å². The summed E-state index contributed by atoms with van der Waals surface area (Å²) in [7, 11) is 0. The number of pyridine rings is 1. The van der Waals surface area contributed by atoms with E-state index in [-0.39, 0.29) is 40.4 Å². The van der Waals surface area contributed by atoms with E-state index in [9.17, 15) is 4.11 Å². The zero-order valence-corrected chi connectivity index (χ0v) is 39.5. The molecule has 0 amide bonds. The molecule has 4 aliphatic heterocycles. The fourth-order valence-corrected chi connectivity index (χ4v) is 9.72. The first-order chi connectivity index (χ1) is 35.8. The van der Waals surface area contributed by atoms with Crippen molar-refractivity contribution in [3.63, 3.8) is 0 Å². The SMILES string of the molecule is [2H]c1c(C(C)(C)C)c([2H])c2c3ccc4cc3n(c2c1[2H])-c1cc(C([2H])([2H])[2H])c(cn1)-c1cccc(c1)Oc1ccc(cc1)-c1cc(C(C)(C)C)cc(-c2ccccc2)c1N1CN(c2cccc(c2)O4)c2ccccc21. The van der Waals surface area contributed by atoms with Crippen LogP contribution in [0.5, 0.6) is 23.0 Å². The van der Waals surface area contributed by atoms with E-state index in [4.69, 9.17) is 18.6 Å². The van der Waals surface area contributed by atoms with Crippen molar-refractivity contribution in [1.82, 2.24) is 9.55 Å². The van der Waals surface area contributed by atoms with Crippen LogP contribution < -0.4 is 19.3 Å². The molecule has 0 aliphatic carbocycles. The van der Waals surface area contributed by atoms with Gasteiger partial charge in [-0.25, -0.2) is 4.98 Å². The third kappa shape index (κ3) is 7.48. The van der Waals surface area contributed by atoms with Gasteiger partial charge in [-0.15, -0.1) is 0 Å². The van der Waals surface area contributed by atoms with Crippen molar-refractivity contribution in [2.24, 2.45) is 0 Å². The van der Waals surface area contributed by atoms with Gasteiger partial charge in [0.1, 0.15) is 35.5 Å². The predicted octanol–water partition coefficient (Wildman–Crippen LogP) is 17.2. The van der Waals surface area contributed by atoms with Crippen molar-refractivity contribution < 1.29 is 17.7 Å². The van der Waals surface area contributed by atoms with Gasteiger partial charge in [0.15, 0.2) is 0 Å². The summed E-state index contributed by atoms with van der Waals surface area (Å²) in [6, 6.07) is 54.4. The van der Waals surface area contributed by atoms with E-state index in [0.717, 1.165) is 45.0 Å². The summed E-state index contributed by atoms with van der Waals surface area (Å²) < 4.78 is 70.2. The van der Waals surface area contributed by atoms with Crippen molar-refractivity contribution in [3.05, 3.63) is 205 Å². The number of aromatic nitrogens is 2. The van der Waals surface area contributed by atoms with Crippen LogP contribution in [-0.4, -0.2) is 16.2 Å². The van der Waals surface area contributed by atoms with Gasteiger partial charge in [-0.05, 0) is 142 Å². The maximum absolute atomic E-state index is 9.65. The summed E-state index contributed by atoms with van der Waals surface area (Å²) in [5.74, 6) is 2.40. The highest BCUT2D eigenvalue weighted by Crippen LogP contribution is 2.52. The van der Waals surface area contributed by atoms with E-state index in [1.807, 2.05) is 93.6 Å². The summed E-state index contributed by atoms with van der Waals surface area (Å²) in [5.41, 5.74) is 11.1. The molecule has 10 aromatic rings. The minimum Gasteiger partial charge on any atom is -0.457 e. The number of rotatable bonds is 1. The fraction of sp³-hybridized carbons (Fsp3) is 0.159. The summed E-state index contributed by atoms with van der Waals surface area (Å²) in [6.45, 7) is 10.5. The number of ether oxygens (including phenoxy) is 2. The minimum absolute atomic E-state index is 0.0403. The van der Waals surface area contributed by atoms with E-state index in [1.165, 1.54) is 5.56 Å². The van der Waals surface area contributed by atoms with Crippen LogP contribution in [0.1, 0.15) is 66.5 Å². The summed E-state index contributed by atoms with van der Waals surface area (Å²) in [4.78, 5) is 9.67. The maximum Gasteiger partial charge on any atom is 0.137 e. The number of anilines is 4. The summed E-state index contributed by atoms with van der Waals surface area (Å²) >= 11 is 0. The zero-order valence-electron chi connectivity index (χ0n) is 45.5. The molecule has 0 spiro atoms. The monoisotopic (exact) mass is 904 g/mol. The van der Waals surface area contributed by atoms with Crippen LogP contribution in [0.4, 0.5) is 22.7 Å². The van der Waals surface area contributed by atoms with Crippen molar-refractivity contribution in [2.45, 2.75) is 59.2 Å². The molecule has 0 radical (unpaired) electrons. The number of hydrogen-bond acceptors (Lipinski definition) is 5. The lowest BCUT2D eigenvalue weighted by molar-refractivity contribution is 0.483. The van der Waals surface area contributed by atoms with E-state index in [2.05, 4.69) is 116 Å². The first-order valence-corrected chi connectivity index (χ1v) is 23.5. The molecular formula is C63H54N4O2. The van der Waals surface area contributed by atoms with Gasteiger partial charge in [0.2, 0.25) is 0 Å². The molecule has 69 heavy (non-hydrogen) atoms. The average molecular weight is 905 g/mol. The zero-order chi connectivity index (χ0) is 52.3. The quantitative estimate of drug-likeness (QED) is 0.164. The number of para-hydroxylation sites is 2. The van der Waals surface area contributed by atoms with Crippen LogP contribution in [0.15, 0.2) is 188 Å². The van der Waals surface area contributed by atoms with Gasteiger partial charge >= 0.3 is 0 Å². The molecule has 14 rings (SSSR count). The molecule has 0 unspecified atom stereocenters. The summed E-state index contributed by atoms with van der Waals surface area (Å²) in [6.07, 6.45) is 1.55. The Bertz CT molecular complexity index is 3930. The molecule has 0 N–H and O–H groups in total.